The van der Waals surface area contributed by atoms with Crippen LogP contribution >= 0.6 is 0 Å². The van der Waals surface area contributed by atoms with Crippen molar-refractivity contribution in [3.05, 3.63) is 40.6 Å². The number of fused-ring (bicyclic) bond motifs is 1. The second-order valence-electron chi connectivity index (χ2n) is 10.3. The normalized spacial score (nSPS) is 32.5. The highest BCUT2D eigenvalue weighted by atomic mass is 16.8. The first kappa shape index (κ1) is 31.7. The fourth-order valence-electron chi connectivity index (χ4n) is 4.98. The maximum atomic E-state index is 13.7. The van der Waals surface area contributed by atoms with E-state index in [1.807, 2.05) is 0 Å². The number of aromatic hydroxyl groups is 4. The van der Waals surface area contributed by atoms with E-state index in [1.165, 1.54) is 6.07 Å². The van der Waals surface area contributed by atoms with Crippen molar-refractivity contribution in [2.45, 2.75) is 61.4 Å². The van der Waals surface area contributed by atoms with E-state index in [2.05, 4.69) is 0 Å². The Morgan fingerprint density at radius 1 is 0.705 bits per heavy atom. The van der Waals surface area contributed by atoms with Crippen molar-refractivity contribution in [2.75, 3.05) is 13.2 Å². The van der Waals surface area contributed by atoms with E-state index in [4.69, 9.17) is 23.4 Å². The van der Waals surface area contributed by atoms with E-state index in [0.717, 1.165) is 24.3 Å². The van der Waals surface area contributed by atoms with E-state index in [0.29, 0.717) is 0 Å². The summed E-state index contributed by atoms with van der Waals surface area (Å²) in [5.74, 6) is -3.54. The molecule has 17 nitrogen and oxygen atoms in total. The maximum absolute atomic E-state index is 13.7. The van der Waals surface area contributed by atoms with E-state index < -0.39 is 120 Å². The molecule has 5 rings (SSSR count). The SMILES string of the molecule is O=c1c(O[C@@H]2OC(CO)[C@H](O)C(O)C2O[C@@H]2OC(CO)[C@@H](O)C(O)[C@H]2O)c(-c2ccc(O)c(O)c2)oc2cc(O)cc(O)c12. The minimum atomic E-state index is -1.97. The van der Waals surface area contributed by atoms with Crippen molar-refractivity contribution in [1.29, 1.82) is 0 Å². The summed E-state index contributed by atoms with van der Waals surface area (Å²) in [7, 11) is 0. The van der Waals surface area contributed by atoms with Gasteiger partial charge in [0.25, 0.3) is 0 Å². The molecule has 2 fully saturated rings. The van der Waals surface area contributed by atoms with Crippen LogP contribution in [-0.4, -0.2) is 131 Å². The lowest BCUT2D eigenvalue weighted by molar-refractivity contribution is -0.358. The molecule has 0 amide bonds. The van der Waals surface area contributed by atoms with Crippen LogP contribution < -0.4 is 10.2 Å². The van der Waals surface area contributed by atoms with Crippen molar-refractivity contribution >= 4 is 11.0 Å². The average molecular weight is 627 g/mol. The number of phenols is 4. The summed E-state index contributed by atoms with van der Waals surface area (Å²) in [5.41, 5.74) is -1.47. The van der Waals surface area contributed by atoms with Crippen LogP contribution in [-0.2, 0) is 14.2 Å². The van der Waals surface area contributed by atoms with E-state index in [1.54, 1.807) is 0 Å². The molecule has 5 unspecified atom stereocenters. The molecule has 0 aliphatic carbocycles. The molecule has 2 saturated heterocycles. The number of ether oxygens (including phenoxy) is 4. The molecule has 44 heavy (non-hydrogen) atoms. The predicted molar refractivity (Wildman–Crippen MR) is 142 cm³/mol. The fraction of sp³-hybridized carbons (Fsp3) is 0.444. The molecular weight excluding hydrogens is 596 g/mol. The number of hydrogen-bond donors (Lipinski definition) is 11. The van der Waals surface area contributed by atoms with Gasteiger partial charge in [0.2, 0.25) is 17.5 Å². The summed E-state index contributed by atoms with van der Waals surface area (Å²) in [6.45, 7) is -1.68. The summed E-state index contributed by atoms with van der Waals surface area (Å²) >= 11 is 0. The molecule has 3 aromatic rings. The molecule has 2 aliphatic rings. The van der Waals surface area contributed by atoms with Gasteiger partial charge in [-0.1, -0.05) is 0 Å². The van der Waals surface area contributed by atoms with Crippen LogP contribution in [0.2, 0.25) is 0 Å². The van der Waals surface area contributed by atoms with Gasteiger partial charge < -0.3 is 79.5 Å². The fourth-order valence-corrected chi connectivity index (χ4v) is 4.98. The number of hydrogen-bond acceptors (Lipinski definition) is 17. The molecule has 2 aliphatic heterocycles. The summed E-state index contributed by atoms with van der Waals surface area (Å²) in [4.78, 5) is 13.7. The molecular formula is C27H30O17. The number of rotatable bonds is 7. The zero-order valence-corrected chi connectivity index (χ0v) is 22.4. The molecule has 0 radical (unpaired) electrons. The Morgan fingerprint density at radius 2 is 1.34 bits per heavy atom. The van der Waals surface area contributed by atoms with Crippen molar-refractivity contribution in [3.63, 3.8) is 0 Å². The van der Waals surface area contributed by atoms with Crippen LogP contribution in [0, 0.1) is 0 Å². The Hall–Kier alpha value is -3.75. The van der Waals surface area contributed by atoms with Gasteiger partial charge in [0.1, 0.15) is 65.2 Å². The van der Waals surface area contributed by atoms with Crippen molar-refractivity contribution < 1.29 is 79.5 Å². The number of benzene rings is 2. The van der Waals surface area contributed by atoms with Crippen LogP contribution in [0.1, 0.15) is 0 Å². The maximum Gasteiger partial charge on any atom is 0.239 e. The zero-order valence-electron chi connectivity index (χ0n) is 22.4. The average Bonchev–Trinajstić information content (AvgIpc) is 2.98. The first-order chi connectivity index (χ1) is 20.9. The molecule has 3 heterocycles. The lowest BCUT2D eigenvalue weighted by Gasteiger charge is -2.45. The molecule has 0 spiro atoms. The van der Waals surface area contributed by atoms with Crippen LogP contribution in [0.4, 0.5) is 0 Å². The van der Waals surface area contributed by atoms with Gasteiger partial charge in [-0.3, -0.25) is 4.79 Å². The summed E-state index contributed by atoms with van der Waals surface area (Å²) in [5, 5.41) is 111. The van der Waals surface area contributed by atoms with E-state index >= 15 is 0 Å². The molecule has 1 aromatic heterocycles. The summed E-state index contributed by atoms with van der Waals surface area (Å²) < 4.78 is 28.1. The largest absolute Gasteiger partial charge is 0.508 e. The van der Waals surface area contributed by atoms with Crippen LogP contribution in [0.25, 0.3) is 22.3 Å². The summed E-state index contributed by atoms with van der Waals surface area (Å²) in [6, 6.07) is 5.12. The first-order valence-corrected chi connectivity index (χ1v) is 13.2. The third-order valence-electron chi connectivity index (χ3n) is 7.35. The third kappa shape index (κ3) is 5.61. The first-order valence-electron chi connectivity index (χ1n) is 13.2. The van der Waals surface area contributed by atoms with Gasteiger partial charge in [0, 0.05) is 17.7 Å². The molecule has 0 saturated carbocycles. The molecule has 10 atom stereocenters. The standard InChI is InChI=1S/C27H30O17/c28-6-14-17(34)20(37)22(39)26(41-14)44-25-21(38)18(35)15(7-29)42-27(25)43-24-19(36)16-12(33)4-9(30)5-13(16)40-23(24)8-1-2-10(31)11(32)3-8/h1-5,14-15,17-18,20-22,25-35,37-39H,6-7H2/t14?,15?,17-,18+,20?,21?,22-,25?,26+,27+/m1/s1. The van der Waals surface area contributed by atoms with Crippen LogP contribution in [0.5, 0.6) is 28.7 Å². The Bertz CT molecular complexity index is 1560. The molecule has 240 valence electrons. The van der Waals surface area contributed by atoms with Gasteiger partial charge in [-0.2, -0.15) is 0 Å². The lowest BCUT2D eigenvalue weighted by Crippen LogP contribution is -2.65. The van der Waals surface area contributed by atoms with E-state index in [9.17, 15) is 61.0 Å². The van der Waals surface area contributed by atoms with Crippen LogP contribution in [0.3, 0.4) is 0 Å². The molecule has 17 heteroatoms. The Morgan fingerprint density at radius 3 is 1.98 bits per heavy atom. The molecule has 11 N–H and O–H groups in total. The van der Waals surface area contributed by atoms with Crippen molar-refractivity contribution in [2.24, 2.45) is 0 Å². The Kier molecular flexibility index (Phi) is 8.87. The number of aliphatic hydroxyl groups is 7. The monoisotopic (exact) mass is 626 g/mol. The second kappa shape index (κ2) is 12.3. The lowest BCUT2D eigenvalue weighted by atomic mass is 9.97. The van der Waals surface area contributed by atoms with Crippen LogP contribution in [0.15, 0.2) is 39.5 Å². The van der Waals surface area contributed by atoms with Gasteiger partial charge >= 0.3 is 0 Å². The van der Waals surface area contributed by atoms with Crippen molar-refractivity contribution in [1.82, 2.24) is 0 Å². The van der Waals surface area contributed by atoms with Gasteiger partial charge in [0.15, 0.2) is 29.7 Å². The van der Waals surface area contributed by atoms with Gasteiger partial charge in [-0.05, 0) is 18.2 Å². The Balaban J connectivity index is 1.61. The minimum Gasteiger partial charge on any atom is -0.508 e. The minimum absolute atomic E-state index is 0.0707. The third-order valence-corrected chi connectivity index (χ3v) is 7.35. The Labute approximate surface area is 246 Å². The van der Waals surface area contributed by atoms with Gasteiger partial charge in [0.05, 0.1) is 13.2 Å². The smallest absolute Gasteiger partial charge is 0.239 e. The van der Waals surface area contributed by atoms with Crippen molar-refractivity contribution in [3.8, 4) is 40.1 Å². The zero-order chi connectivity index (χ0) is 32.0. The summed E-state index contributed by atoms with van der Waals surface area (Å²) in [6.07, 6.45) is -18.0. The quantitative estimate of drug-likeness (QED) is 0.119. The van der Waals surface area contributed by atoms with Gasteiger partial charge in [-0.25, -0.2) is 0 Å². The highest BCUT2D eigenvalue weighted by Gasteiger charge is 2.51. The molecule has 2 aromatic carbocycles. The second-order valence-corrected chi connectivity index (χ2v) is 10.3. The molecule has 0 bridgehead atoms. The predicted octanol–water partition coefficient (Wildman–Crippen LogP) is -2.71. The topological polar surface area (TPSA) is 290 Å². The van der Waals surface area contributed by atoms with Gasteiger partial charge in [-0.15, -0.1) is 0 Å². The number of phenolic OH excluding ortho intramolecular Hbond substituents is 4. The highest BCUT2D eigenvalue weighted by molar-refractivity contribution is 5.88. The highest BCUT2D eigenvalue weighted by Crippen LogP contribution is 2.40. The van der Waals surface area contributed by atoms with E-state index in [-0.39, 0.29) is 11.1 Å². The number of aliphatic hydroxyl groups excluding tert-OH is 7.